The van der Waals surface area contributed by atoms with E-state index in [1.165, 1.54) is 29.3 Å². The van der Waals surface area contributed by atoms with Gasteiger partial charge in [-0.25, -0.2) is 9.07 Å². The smallest absolute Gasteiger partial charge is 0.325 e. The van der Waals surface area contributed by atoms with Gasteiger partial charge in [0.1, 0.15) is 18.1 Å². The second kappa shape index (κ2) is 7.30. The molecule has 0 saturated carbocycles. The first-order chi connectivity index (χ1) is 12.4. The summed E-state index contributed by atoms with van der Waals surface area (Å²) in [6, 6.07) is 5.91. The molecule has 1 saturated heterocycles. The van der Waals surface area contributed by atoms with Gasteiger partial charge in [0.15, 0.2) is 0 Å². The van der Waals surface area contributed by atoms with Crippen LogP contribution in [-0.2, 0) is 27.5 Å². The zero-order valence-electron chi connectivity index (χ0n) is 13.6. The van der Waals surface area contributed by atoms with Gasteiger partial charge in [-0.05, 0) is 12.1 Å². The number of para-hydroxylation sites is 1. The van der Waals surface area contributed by atoms with Gasteiger partial charge in [0.25, 0.3) is 0 Å². The standard InChI is InChI=1S/C16H16FN5O4/c17-12-3-1-2-4-13(12)22-7-10(5-14(22)23)16(26)18-6-11-8-21(20-19-11)9-15(24)25/h1-4,8,10H,5-7,9H2,(H,18,26)(H,24,25). The highest BCUT2D eigenvalue weighted by Crippen LogP contribution is 2.27. The predicted molar refractivity (Wildman–Crippen MR) is 86.4 cm³/mol. The molecule has 1 aromatic carbocycles. The Kier molecular flexibility index (Phi) is 4.92. The largest absolute Gasteiger partial charge is 0.480 e. The molecule has 26 heavy (non-hydrogen) atoms. The molecule has 2 aromatic rings. The molecule has 9 nitrogen and oxygen atoms in total. The fraction of sp³-hybridized carbons (Fsp3) is 0.312. The van der Waals surface area contributed by atoms with E-state index in [1.807, 2.05) is 0 Å². The summed E-state index contributed by atoms with van der Waals surface area (Å²) in [5.74, 6) is -2.84. The van der Waals surface area contributed by atoms with E-state index in [-0.39, 0.29) is 43.6 Å². The van der Waals surface area contributed by atoms with Gasteiger partial charge in [-0.3, -0.25) is 14.4 Å². The van der Waals surface area contributed by atoms with Gasteiger partial charge in [0, 0.05) is 13.0 Å². The van der Waals surface area contributed by atoms with Crippen LogP contribution in [0.25, 0.3) is 0 Å². The Bertz CT molecular complexity index is 853. The van der Waals surface area contributed by atoms with Crippen molar-refractivity contribution in [1.29, 1.82) is 0 Å². The quantitative estimate of drug-likeness (QED) is 0.757. The summed E-state index contributed by atoms with van der Waals surface area (Å²) in [7, 11) is 0. The molecule has 1 atom stereocenters. The number of carbonyl (C=O) groups excluding carboxylic acids is 2. The highest BCUT2D eigenvalue weighted by atomic mass is 19.1. The van der Waals surface area contributed by atoms with Gasteiger partial charge in [-0.15, -0.1) is 5.10 Å². The van der Waals surface area contributed by atoms with Crippen LogP contribution in [0.1, 0.15) is 12.1 Å². The topological polar surface area (TPSA) is 117 Å². The van der Waals surface area contributed by atoms with E-state index in [0.29, 0.717) is 5.69 Å². The van der Waals surface area contributed by atoms with E-state index in [4.69, 9.17) is 5.11 Å². The molecule has 2 N–H and O–H groups in total. The Balaban J connectivity index is 1.57. The third-order valence-electron chi connectivity index (χ3n) is 3.97. The number of rotatable bonds is 6. The van der Waals surface area contributed by atoms with Crippen LogP contribution >= 0.6 is 0 Å². The number of carbonyl (C=O) groups is 3. The monoisotopic (exact) mass is 361 g/mol. The average Bonchev–Trinajstić information content (AvgIpc) is 3.19. The number of nitrogens with one attached hydrogen (secondary N) is 1. The highest BCUT2D eigenvalue weighted by molar-refractivity contribution is 6.00. The number of halogens is 1. The number of amides is 2. The molecule has 2 heterocycles. The van der Waals surface area contributed by atoms with Crippen LogP contribution in [0.2, 0.25) is 0 Å². The molecular weight excluding hydrogens is 345 g/mol. The summed E-state index contributed by atoms with van der Waals surface area (Å²) in [4.78, 5) is 36.3. The van der Waals surface area contributed by atoms with Crippen LogP contribution in [0, 0.1) is 11.7 Å². The van der Waals surface area contributed by atoms with Crippen LogP contribution in [0.5, 0.6) is 0 Å². The van der Waals surface area contributed by atoms with Crippen molar-refractivity contribution in [2.24, 2.45) is 5.92 Å². The third-order valence-corrected chi connectivity index (χ3v) is 3.97. The zero-order chi connectivity index (χ0) is 18.7. The summed E-state index contributed by atoms with van der Waals surface area (Å²) >= 11 is 0. The number of aliphatic carboxylic acids is 1. The molecule has 1 unspecified atom stereocenters. The SMILES string of the molecule is O=C(O)Cn1cc(CNC(=O)C2CC(=O)N(c3ccccc3F)C2)nn1. The van der Waals surface area contributed by atoms with E-state index in [2.05, 4.69) is 15.6 Å². The maximum absolute atomic E-state index is 13.9. The fourth-order valence-corrected chi connectivity index (χ4v) is 2.74. The van der Waals surface area contributed by atoms with Gasteiger partial charge in [-0.2, -0.15) is 0 Å². The highest BCUT2D eigenvalue weighted by Gasteiger charge is 2.36. The molecule has 1 fully saturated rings. The van der Waals surface area contributed by atoms with Crippen molar-refractivity contribution in [3.8, 4) is 0 Å². The first kappa shape index (κ1) is 17.5. The summed E-state index contributed by atoms with van der Waals surface area (Å²) in [6.45, 7) is -0.171. The minimum atomic E-state index is -1.05. The summed E-state index contributed by atoms with van der Waals surface area (Å²) in [5.41, 5.74) is 0.555. The van der Waals surface area contributed by atoms with Crippen molar-refractivity contribution in [1.82, 2.24) is 20.3 Å². The molecule has 1 aliphatic heterocycles. The molecule has 0 spiro atoms. The predicted octanol–water partition coefficient (Wildman–Crippen LogP) is 0.171. The van der Waals surface area contributed by atoms with Crippen LogP contribution in [0.15, 0.2) is 30.5 Å². The normalized spacial score (nSPS) is 16.7. The van der Waals surface area contributed by atoms with E-state index in [0.717, 1.165) is 4.68 Å². The summed E-state index contributed by atoms with van der Waals surface area (Å²) < 4.78 is 15.0. The number of carboxylic acid groups (broad SMARTS) is 1. The Hall–Kier alpha value is -3.30. The molecule has 136 valence electrons. The lowest BCUT2D eigenvalue weighted by Crippen LogP contribution is -2.33. The van der Waals surface area contributed by atoms with Crippen LogP contribution in [0.3, 0.4) is 0 Å². The van der Waals surface area contributed by atoms with E-state index in [9.17, 15) is 18.8 Å². The number of benzene rings is 1. The lowest BCUT2D eigenvalue weighted by molar-refractivity contribution is -0.138. The van der Waals surface area contributed by atoms with Gasteiger partial charge < -0.3 is 15.3 Å². The van der Waals surface area contributed by atoms with Gasteiger partial charge in [-0.1, -0.05) is 17.3 Å². The number of hydrogen-bond acceptors (Lipinski definition) is 5. The van der Waals surface area contributed by atoms with Crippen LogP contribution < -0.4 is 10.2 Å². The average molecular weight is 361 g/mol. The van der Waals surface area contributed by atoms with Crippen molar-refractivity contribution < 1.29 is 23.9 Å². The van der Waals surface area contributed by atoms with Gasteiger partial charge in [0.2, 0.25) is 11.8 Å². The number of nitrogens with zero attached hydrogens (tertiary/aromatic N) is 4. The van der Waals surface area contributed by atoms with Crippen molar-refractivity contribution >= 4 is 23.5 Å². The van der Waals surface area contributed by atoms with Crippen LogP contribution in [-0.4, -0.2) is 44.4 Å². The molecule has 1 aliphatic rings. The first-order valence-corrected chi connectivity index (χ1v) is 7.87. The number of carboxylic acids is 1. The molecular formula is C16H16FN5O4. The Labute approximate surface area is 147 Å². The second-order valence-electron chi connectivity index (χ2n) is 5.88. The maximum atomic E-state index is 13.9. The number of hydrogen-bond donors (Lipinski definition) is 2. The molecule has 0 radical (unpaired) electrons. The van der Waals surface area contributed by atoms with Crippen LogP contribution in [0.4, 0.5) is 10.1 Å². The first-order valence-electron chi connectivity index (χ1n) is 7.87. The van der Waals surface area contributed by atoms with Crippen molar-refractivity contribution in [3.63, 3.8) is 0 Å². The minimum absolute atomic E-state index is 0.00806. The zero-order valence-corrected chi connectivity index (χ0v) is 13.6. The number of aromatic nitrogens is 3. The molecule has 1 aromatic heterocycles. The van der Waals surface area contributed by atoms with Crippen molar-refractivity contribution in [2.75, 3.05) is 11.4 Å². The lowest BCUT2D eigenvalue weighted by Gasteiger charge is -2.17. The molecule has 0 aliphatic carbocycles. The third kappa shape index (κ3) is 3.85. The molecule has 2 amide bonds. The lowest BCUT2D eigenvalue weighted by atomic mass is 10.1. The fourth-order valence-electron chi connectivity index (χ4n) is 2.74. The number of anilines is 1. The second-order valence-corrected chi connectivity index (χ2v) is 5.88. The molecule has 3 rings (SSSR count). The van der Waals surface area contributed by atoms with E-state index in [1.54, 1.807) is 6.07 Å². The van der Waals surface area contributed by atoms with E-state index >= 15 is 0 Å². The minimum Gasteiger partial charge on any atom is -0.480 e. The molecule has 0 bridgehead atoms. The van der Waals surface area contributed by atoms with Gasteiger partial charge in [0.05, 0.1) is 24.3 Å². The Morgan fingerprint density at radius 3 is 2.85 bits per heavy atom. The summed E-state index contributed by atoms with van der Waals surface area (Å²) in [6.07, 6.45) is 1.41. The van der Waals surface area contributed by atoms with Gasteiger partial charge >= 0.3 is 5.97 Å². The molecule has 10 heteroatoms. The van der Waals surface area contributed by atoms with Crippen molar-refractivity contribution in [3.05, 3.63) is 42.0 Å². The Morgan fingerprint density at radius 2 is 2.12 bits per heavy atom. The summed E-state index contributed by atoms with van der Waals surface area (Å²) in [5, 5.41) is 18.7. The maximum Gasteiger partial charge on any atom is 0.325 e. The Morgan fingerprint density at radius 1 is 1.35 bits per heavy atom. The van der Waals surface area contributed by atoms with E-state index < -0.39 is 17.7 Å². The van der Waals surface area contributed by atoms with Crippen molar-refractivity contribution in [2.45, 2.75) is 19.5 Å².